The van der Waals surface area contributed by atoms with E-state index >= 15 is 0 Å². The first-order valence-electron chi connectivity index (χ1n) is 10.5. The summed E-state index contributed by atoms with van der Waals surface area (Å²) in [5, 5.41) is 4.75. The molecule has 0 saturated heterocycles. The number of benzene rings is 1. The molecule has 2 heterocycles. The van der Waals surface area contributed by atoms with Gasteiger partial charge >= 0.3 is 0 Å². The number of nitrogens with one attached hydrogen (secondary N) is 1. The van der Waals surface area contributed by atoms with E-state index in [2.05, 4.69) is 23.6 Å². The van der Waals surface area contributed by atoms with Gasteiger partial charge in [0.05, 0.1) is 34.6 Å². The average Bonchev–Trinajstić information content (AvgIpc) is 3.43. The number of rotatable bonds is 7. The first-order chi connectivity index (χ1) is 14.4. The SMILES string of the molecule is CC(C)c1ccc(S(=O)(=O)NCc2cc(-c3ccccn3)n(C3CCCC3)n2)cc1. The lowest BCUT2D eigenvalue weighted by molar-refractivity contribution is 0.466. The van der Waals surface area contributed by atoms with Gasteiger partial charge in [-0.15, -0.1) is 0 Å². The Balaban J connectivity index is 1.55. The maximum absolute atomic E-state index is 12.7. The van der Waals surface area contributed by atoms with Crippen LogP contribution in [0, 0.1) is 0 Å². The second-order valence-corrected chi connectivity index (χ2v) is 9.93. The third kappa shape index (κ3) is 4.47. The molecular formula is C23H28N4O2S. The highest BCUT2D eigenvalue weighted by atomic mass is 32.2. The molecule has 30 heavy (non-hydrogen) atoms. The smallest absolute Gasteiger partial charge is 0.240 e. The lowest BCUT2D eigenvalue weighted by atomic mass is 10.0. The van der Waals surface area contributed by atoms with E-state index in [9.17, 15) is 8.42 Å². The summed E-state index contributed by atoms with van der Waals surface area (Å²) >= 11 is 0. The number of hydrogen-bond acceptors (Lipinski definition) is 4. The molecule has 0 spiro atoms. The maximum atomic E-state index is 12.7. The number of aromatic nitrogens is 3. The predicted octanol–water partition coefficient (Wildman–Crippen LogP) is 4.66. The highest BCUT2D eigenvalue weighted by Crippen LogP contribution is 2.33. The van der Waals surface area contributed by atoms with Crippen molar-refractivity contribution in [2.45, 2.75) is 62.9 Å². The fourth-order valence-corrected chi connectivity index (χ4v) is 4.95. The van der Waals surface area contributed by atoms with Gasteiger partial charge in [0.15, 0.2) is 0 Å². The summed E-state index contributed by atoms with van der Waals surface area (Å²) in [4.78, 5) is 4.74. The third-order valence-electron chi connectivity index (χ3n) is 5.68. The first-order valence-corrected chi connectivity index (χ1v) is 12.0. The van der Waals surface area contributed by atoms with Crippen molar-refractivity contribution in [2.75, 3.05) is 0 Å². The molecule has 0 amide bonds. The lowest BCUT2D eigenvalue weighted by Gasteiger charge is -2.13. The van der Waals surface area contributed by atoms with Crippen molar-refractivity contribution in [3.8, 4) is 11.4 Å². The van der Waals surface area contributed by atoms with Gasteiger partial charge in [0.25, 0.3) is 0 Å². The molecule has 0 atom stereocenters. The van der Waals surface area contributed by atoms with Gasteiger partial charge < -0.3 is 0 Å². The minimum absolute atomic E-state index is 0.147. The molecule has 4 rings (SSSR count). The van der Waals surface area contributed by atoms with Crippen molar-refractivity contribution in [3.05, 3.63) is 66.0 Å². The Morgan fingerprint density at radius 3 is 2.47 bits per heavy atom. The van der Waals surface area contributed by atoms with Gasteiger partial charge in [0.1, 0.15) is 0 Å². The van der Waals surface area contributed by atoms with E-state index in [-0.39, 0.29) is 11.4 Å². The van der Waals surface area contributed by atoms with Crippen LogP contribution in [-0.4, -0.2) is 23.2 Å². The molecule has 1 fully saturated rings. The molecule has 2 aromatic heterocycles. The minimum Gasteiger partial charge on any atom is -0.260 e. The summed E-state index contributed by atoms with van der Waals surface area (Å²) < 4.78 is 30.2. The van der Waals surface area contributed by atoms with Crippen LogP contribution < -0.4 is 4.72 Å². The highest BCUT2D eigenvalue weighted by molar-refractivity contribution is 7.89. The zero-order valence-electron chi connectivity index (χ0n) is 17.5. The molecular weight excluding hydrogens is 396 g/mol. The molecule has 1 aromatic carbocycles. The third-order valence-corrected chi connectivity index (χ3v) is 7.10. The second kappa shape index (κ2) is 8.70. The van der Waals surface area contributed by atoms with Gasteiger partial charge in [-0.1, -0.05) is 44.9 Å². The van der Waals surface area contributed by atoms with Crippen LogP contribution in [0.15, 0.2) is 59.6 Å². The number of hydrogen-bond donors (Lipinski definition) is 1. The van der Waals surface area contributed by atoms with Crippen molar-refractivity contribution < 1.29 is 8.42 Å². The van der Waals surface area contributed by atoms with E-state index in [0.717, 1.165) is 29.8 Å². The summed E-state index contributed by atoms with van der Waals surface area (Å²) in [5.41, 5.74) is 3.61. The van der Waals surface area contributed by atoms with Crippen molar-refractivity contribution in [2.24, 2.45) is 0 Å². The van der Waals surface area contributed by atoms with Gasteiger partial charge in [-0.2, -0.15) is 5.10 Å². The molecule has 0 unspecified atom stereocenters. The van der Waals surface area contributed by atoms with Crippen molar-refractivity contribution in [1.29, 1.82) is 0 Å². The average molecular weight is 425 g/mol. The topological polar surface area (TPSA) is 76.9 Å². The van der Waals surface area contributed by atoms with Crippen LogP contribution >= 0.6 is 0 Å². The molecule has 0 radical (unpaired) electrons. The van der Waals surface area contributed by atoms with Gasteiger partial charge in [0.2, 0.25) is 10.0 Å². The molecule has 1 aliphatic rings. The Morgan fingerprint density at radius 1 is 1.10 bits per heavy atom. The maximum Gasteiger partial charge on any atom is 0.240 e. The molecule has 158 valence electrons. The van der Waals surface area contributed by atoms with Crippen LogP contribution in [0.3, 0.4) is 0 Å². The molecule has 0 aliphatic heterocycles. The van der Waals surface area contributed by atoms with Crippen LogP contribution in [0.5, 0.6) is 0 Å². The monoisotopic (exact) mass is 424 g/mol. The van der Waals surface area contributed by atoms with E-state index in [4.69, 9.17) is 5.10 Å². The Morgan fingerprint density at radius 2 is 1.83 bits per heavy atom. The Labute approximate surface area is 178 Å². The zero-order chi connectivity index (χ0) is 21.1. The minimum atomic E-state index is -3.60. The Kier molecular flexibility index (Phi) is 6.01. The number of pyridine rings is 1. The van der Waals surface area contributed by atoms with Crippen molar-refractivity contribution in [3.63, 3.8) is 0 Å². The quantitative estimate of drug-likeness (QED) is 0.598. The largest absolute Gasteiger partial charge is 0.260 e. The summed E-state index contributed by atoms with van der Waals surface area (Å²) in [5.74, 6) is 0.360. The van der Waals surface area contributed by atoms with Gasteiger partial charge in [-0.25, -0.2) is 13.1 Å². The molecule has 1 aliphatic carbocycles. The van der Waals surface area contributed by atoms with E-state index in [0.29, 0.717) is 17.7 Å². The molecule has 3 aromatic rings. The van der Waals surface area contributed by atoms with Crippen LogP contribution in [0.25, 0.3) is 11.4 Å². The highest BCUT2D eigenvalue weighted by Gasteiger charge is 2.23. The normalized spacial score (nSPS) is 15.2. The predicted molar refractivity (Wildman–Crippen MR) is 118 cm³/mol. The van der Waals surface area contributed by atoms with E-state index in [1.165, 1.54) is 12.8 Å². The molecule has 7 heteroatoms. The summed E-state index contributed by atoms with van der Waals surface area (Å²) in [7, 11) is -3.60. The lowest BCUT2D eigenvalue weighted by Crippen LogP contribution is -2.23. The van der Waals surface area contributed by atoms with E-state index < -0.39 is 10.0 Å². The molecule has 0 bridgehead atoms. The summed E-state index contributed by atoms with van der Waals surface area (Å²) in [6.07, 6.45) is 6.34. The standard InChI is InChI=1S/C23H28N4O2S/c1-17(2)18-10-12-21(13-11-18)30(28,29)25-16-19-15-23(22-9-5-6-14-24-22)27(26-19)20-7-3-4-8-20/h5-6,9-15,17,20,25H,3-4,7-8,16H2,1-2H3. The molecule has 1 saturated carbocycles. The summed E-state index contributed by atoms with van der Waals surface area (Å²) in [6, 6.07) is 15.2. The summed E-state index contributed by atoms with van der Waals surface area (Å²) in [6.45, 7) is 4.32. The van der Waals surface area contributed by atoms with Crippen molar-refractivity contribution >= 4 is 10.0 Å². The Bertz CT molecular complexity index is 1080. The van der Waals surface area contributed by atoms with Crippen LogP contribution in [0.2, 0.25) is 0 Å². The first kappa shape index (κ1) is 20.8. The zero-order valence-corrected chi connectivity index (χ0v) is 18.3. The second-order valence-electron chi connectivity index (χ2n) is 8.17. The van der Waals surface area contributed by atoms with E-state index in [1.807, 2.05) is 41.1 Å². The van der Waals surface area contributed by atoms with Crippen LogP contribution in [-0.2, 0) is 16.6 Å². The van der Waals surface area contributed by atoms with Gasteiger partial charge in [0, 0.05) is 6.20 Å². The van der Waals surface area contributed by atoms with Gasteiger partial charge in [-0.3, -0.25) is 9.67 Å². The fourth-order valence-electron chi connectivity index (χ4n) is 3.95. The number of nitrogens with zero attached hydrogens (tertiary/aromatic N) is 3. The fraction of sp³-hybridized carbons (Fsp3) is 0.391. The Hall–Kier alpha value is -2.51. The van der Waals surface area contributed by atoms with Crippen LogP contribution in [0.1, 0.15) is 62.7 Å². The van der Waals surface area contributed by atoms with E-state index in [1.54, 1.807) is 18.3 Å². The molecule has 1 N–H and O–H groups in total. The van der Waals surface area contributed by atoms with Crippen LogP contribution in [0.4, 0.5) is 0 Å². The molecule has 6 nitrogen and oxygen atoms in total. The van der Waals surface area contributed by atoms with Crippen molar-refractivity contribution in [1.82, 2.24) is 19.5 Å². The van der Waals surface area contributed by atoms with Gasteiger partial charge in [-0.05, 0) is 54.7 Å². The number of sulfonamides is 1.